The maximum atomic E-state index is 7.80. The second kappa shape index (κ2) is 19.0. The Hall–Kier alpha value is 1.71. The molecule has 0 amide bonds. The van der Waals surface area contributed by atoms with Crippen molar-refractivity contribution in [2.75, 3.05) is 0 Å². The van der Waals surface area contributed by atoms with Gasteiger partial charge in [0.1, 0.15) is 0 Å². The van der Waals surface area contributed by atoms with Gasteiger partial charge in [-0.2, -0.15) is 0 Å². The zero-order valence-electron chi connectivity index (χ0n) is 37.0. The third-order valence-electron chi connectivity index (χ3n) is 9.10. The molecule has 0 radical (unpaired) electrons. The molecule has 4 rings (SSSR count). The molecule has 322 valence electrons. The van der Waals surface area contributed by atoms with Crippen LogP contribution in [0.5, 0.6) is 0 Å². The van der Waals surface area contributed by atoms with E-state index in [0.717, 1.165) is 6.04 Å². The van der Waals surface area contributed by atoms with Crippen molar-refractivity contribution in [1.82, 2.24) is 0 Å². The van der Waals surface area contributed by atoms with Crippen LogP contribution in [0.2, 0.25) is 53.8 Å². The molecule has 4 heterocycles. The van der Waals surface area contributed by atoms with Crippen LogP contribution < -0.4 is 0 Å². The van der Waals surface area contributed by atoms with Gasteiger partial charge in [-0.15, -0.1) is 0 Å². The molecular formula is C32H76GeO13Si9. The van der Waals surface area contributed by atoms with Gasteiger partial charge in [-0.3, -0.25) is 0 Å². The molecule has 4 aliphatic heterocycles. The predicted octanol–water partition coefficient (Wildman–Crippen LogP) is 7.35. The Morgan fingerprint density at radius 2 is 0.873 bits per heavy atom. The van der Waals surface area contributed by atoms with E-state index in [1.165, 1.54) is 0 Å². The molecule has 6 bridgehead atoms. The van der Waals surface area contributed by atoms with Crippen LogP contribution >= 0.6 is 0 Å². The summed E-state index contributed by atoms with van der Waals surface area (Å²) in [5.74, 6) is 5.38. The fourth-order valence-corrected chi connectivity index (χ4v) is 61.5. The quantitative estimate of drug-likeness (QED) is 0.120. The summed E-state index contributed by atoms with van der Waals surface area (Å²) in [5, 5.41) is 0. The van der Waals surface area contributed by atoms with E-state index in [4.69, 9.17) is 52.8 Å². The second-order valence-corrected chi connectivity index (χ2v) is 52.2. The van der Waals surface area contributed by atoms with Crippen LogP contribution in [0.25, 0.3) is 0 Å². The van der Waals surface area contributed by atoms with Crippen LogP contribution in [0, 0.1) is 41.4 Å². The summed E-state index contributed by atoms with van der Waals surface area (Å²) in [6.07, 6.45) is 0. The van der Waals surface area contributed by atoms with E-state index in [1.807, 2.05) is 4.91 Å². The summed E-state index contributed by atoms with van der Waals surface area (Å²) in [5.41, 5.74) is 0. The monoisotopic (exact) mass is 994 g/mol. The van der Waals surface area contributed by atoms with Crippen molar-refractivity contribution in [1.29, 1.82) is 0 Å². The molecule has 0 aromatic heterocycles. The van der Waals surface area contributed by atoms with Crippen LogP contribution in [0.1, 0.15) is 96.9 Å². The molecule has 0 aromatic rings. The van der Waals surface area contributed by atoms with Gasteiger partial charge in [0.2, 0.25) is 0 Å². The molecule has 0 aromatic carbocycles. The van der Waals surface area contributed by atoms with Gasteiger partial charge in [-0.1, -0.05) is 0 Å². The Morgan fingerprint density at radius 3 is 1.27 bits per heavy atom. The van der Waals surface area contributed by atoms with Crippen LogP contribution in [0.15, 0.2) is 11.5 Å². The summed E-state index contributed by atoms with van der Waals surface area (Å²) in [7, 11) is -30.8. The van der Waals surface area contributed by atoms with Gasteiger partial charge < -0.3 is 0 Å². The van der Waals surface area contributed by atoms with E-state index in [2.05, 4.69) is 115 Å². The van der Waals surface area contributed by atoms with E-state index in [9.17, 15) is 0 Å². The van der Waals surface area contributed by atoms with E-state index < -0.39 is 95.2 Å². The molecule has 23 heteroatoms. The molecule has 0 aliphatic carbocycles. The summed E-state index contributed by atoms with van der Waals surface area (Å²) in [6.45, 7) is 34.6. The molecular weight excluding hydrogens is 918 g/mol. The van der Waals surface area contributed by atoms with E-state index in [0.29, 0.717) is 42.2 Å². The van der Waals surface area contributed by atoms with Crippen LogP contribution in [0.3, 0.4) is 0 Å². The van der Waals surface area contributed by atoms with Crippen LogP contribution in [-0.2, 0) is 52.8 Å². The van der Waals surface area contributed by atoms with Crippen LogP contribution in [-0.4, -0.2) is 95.2 Å². The molecule has 0 saturated carbocycles. The number of hydrogen-bond donors (Lipinski definition) is 0. The first-order valence-electron chi connectivity index (χ1n) is 20.8. The third-order valence-corrected chi connectivity index (χ3v) is 54.7. The van der Waals surface area contributed by atoms with E-state index >= 15 is 0 Å². The molecule has 13 nitrogen and oxygen atoms in total. The zero-order valence-corrected chi connectivity index (χ0v) is 48.9. The molecule has 0 N–H and O–H groups in total. The molecule has 7 atom stereocenters. The Bertz CT molecular complexity index is 1290. The maximum absolute atomic E-state index is 7.80. The Labute approximate surface area is 349 Å². The molecule has 4 aliphatic rings. The average Bonchev–Trinajstić information content (AvgIpc) is 2.91. The Morgan fingerprint density at radius 1 is 0.509 bits per heavy atom. The fraction of sp³-hybridized carbons (Fsp3) is 0.938. The van der Waals surface area contributed by atoms with Gasteiger partial charge in [-0.25, -0.2) is 0 Å². The minimum atomic E-state index is -4.27. The first-order valence-corrected chi connectivity index (χ1v) is 43.0. The van der Waals surface area contributed by atoms with Crippen LogP contribution in [0.4, 0.5) is 0 Å². The summed E-state index contributed by atoms with van der Waals surface area (Å²) in [4.78, 5) is 1.92. The average molecular weight is 994 g/mol. The third kappa shape index (κ3) is 13.4. The van der Waals surface area contributed by atoms with Crippen molar-refractivity contribution in [3.8, 4) is 0 Å². The standard InChI is InChI=1S/C32H76GeO13Si9/c1-18-33(16,17)34-55-37-48-36-50(21-28(6)7)40-51(22-29(8)9)38-49(20-27(4)5,35-47-19-26(2)3)39-53(45-55,24-31(12)13)43-52(42-51,23-30(10)11)44-54(41-50,46-55)25-32(14)15/h18,26-32H,1,19-25,47-48H2,2-17H3. The van der Waals surface area contributed by atoms with E-state index in [1.54, 1.807) is 0 Å². The molecule has 55 heavy (non-hydrogen) atoms. The first kappa shape index (κ1) is 49.4. The SMILES string of the molecule is C=[CH][Ge]([CH3])([CH3])[O][Si]12O[SiH2]O[Si]3(CC(C)C)O[Si]4(CC(C)C)O[Si](CC(C)C)(O[SiH2]CC(C)C)O[Si](CC(C)C)(O[Si](CC(C)C)(O4)O[Si](CC(C)C)(O3)O1)O2. The predicted molar refractivity (Wildman–Crippen MR) is 237 cm³/mol. The number of fused-ring (bicyclic) bond motifs is 4. The zero-order chi connectivity index (χ0) is 41.3. The van der Waals surface area contributed by atoms with Gasteiger partial charge in [0.25, 0.3) is 0 Å². The topological polar surface area (TPSA) is 120 Å². The normalized spacial score (nSPS) is 37.9. The van der Waals surface area contributed by atoms with Crippen molar-refractivity contribution in [2.45, 2.75) is 151 Å². The van der Waals surface area contributed by atoms with Gasteiger partial charge in [0.15, 0.2) is 0 Å². The number of rotatable bonds is 19. The summed E-state index contributed by atoms with van der Waals surface area (Å²) < 4.78 is 98.0. The van der Waals surface area contributed by atoms with E-state index in [-0.39, 0.29) is 35.5 Å². The summed E-state index contributed by atoms with van der Waals surface area (Å²) in [6, 6.07) is 3.81. The second-order valence-electron chi connectivity index (χ2n) is 19.5. The van der Waals surface area contributed by atoms with Gasteiger partial charge in [0, 0.05) is 0 Å². The fourth-order valence-electron chi connectivity index (χ4n) is 7.39. The van der Waals surface area contributed by atoms with Gasteiger partial charge >= 0.3 is 352 Å². The molecule has 7 unspecified atom stereocenters. The molecule has 4 saturated heterocycles. The molecule has 0 spiro atoms. The molecule has 4 fully saturated rings. The number of hydrogen-bond acceptors (Lipinski definition) is 13. The Kier molecular flexibility index (Phi) is 17.0. The van der Waals surface area contributed by atoms with Crippen molar-refractivity contribution in [3.63, 3.8) is 0 Å². The van der Waals surface area contributed by atoms with Crippen molar-refractivity contribution in [2.24, 2.45) is 41.4 Å². The van der Waals surface area contributed by atoms with Crippen molar-refractivity contribution in [3.05, 3.63) is 11.5 Å². The van der Waals surface area contributed by atoms with Crippen molar-refractivity contribution >= 4 is 95.2 Å². The van der Waals surface area contributed by atoms with Gasteiger partial charge in [-0.05, 0) is 0 Å². The minimum absolute atomic E-state index is 0.0822. The van der Waals surface area contributed by atoms with Crippen molar-refractivity contribution < 1.29 is 52.8 Å². The summed E-state index contributed by atoms with van der Waals surface area (Å²) >= 11 is -3.32. The first-order chi connectivity index (χ1) is 25.3. The van der Waals surface area contributed by atoms with Gasteiger partial charge in [0.05, 0.1) is 0 Å². The Balaban J connectivity index is 2.21.